The second kappa shape index (κ2) is 9.56. The van der Waals surface area contributed by atoms with E-state index >= 15 is 0 Å². The Morgan fingerprint density at radius 2 is 1.79 bits per heavy atom. The third-order valence-corrected chi connectivity index (χ3v) is 6.83. The van der Waals surface area contributed by atoms with Crippen molar-refractivity contribution in [2.24, 2.45) is 0 Å². The van der Waals surface area contributed by atoms with Crippen LogP contribution in [0.25, 0.3) is 0 Å². The number of anilines is 1. The summed E-state index contributed by atoms with van der Waals surface area (Å²) in [5.74, 6) is -1.21. The van der Waals surface area contributed by atoms with E-state index in [1.54, 1.807) is 6.07 Å². The number of carbonyl (C=O) groups excluding carboxylic acids is 1. The molecule has 3 rings (SSSR count). The van der Waals surface area contributed by atoms with Gasteiger partial charge in [-0.3, -0.25) is 4.79 Å². The van der Waals surface area contributed by atoms with Crippen molar-refractivity contribution in [3.63, 3.8) is 0 Å². The molecule has 1 heterocycles. The number of hydrogen-bond acceptors (Lipinski definition) is 4. The smallest absolute Gasteiger partial charge is 0.262 e. The second-order valence-electron chi connectivity index (χ2n) is 6.73. The molecule has 0 aliphatic carbocycles. The molecule has 0 radical (unpaired) electrons. The Hall–Kier alpha value is -2.16. The molecule has 0 spiro atoms. The van der Waals surface area contributed by atoms with Crippen molar-refractivity contribution >= 4 is 33.2 Å². The van der Waals surface area contributed by atoms with E-state index in [0.29, 0.717) is 13.1 Å². The molecule has 29 heavy (non-hydrogen) atoms. The predicted octanol–water partition coefficient (Wildman–Crippen LogP) is 4.06. The quantitative estimate of drug-likeness (QED) is 0.734. The molecule has 0 atom stereocenters. The van der Waals surface area contributed by atoms with Crippen LogP contribution in [0, 0.1) is 5.82 Å². The molecule has 0 saturated carbocycles. The normalized spacial score (nSPS) is 15.5. The van der Waals surface area contributed by atoms with Crippen LogP contribution in [0.1, 0.15) is 25.7 Å². The van der Waals surface area contributed by atoms with E-state index in [-0.39, 0.29) is 21.4 Å². The molecule has 156 valence electrons. The van der Waals surface area contributed by atoms with Gasteiger partial charge in [0, 0.05) is 13.1 Å². The number of nitrogens with zero attached hydrogens (tertiary/aromatic N) is 1. The van der Waals surface area contributed by atoms with Gasteiger partial charge in [-0.05, 0) is 43.2 Å². The molecule has 9 heteroatoms. The first kappa shape index (κ1) is 21.5. The molecule has 2 aromatic carbocycles. The van der Waals surface area contributed by atoms with Crippen LogP contribution < -0.4 is 10.1 Å². The monoisotopic (exact) mass is 440 g/mol. The lowest BCUT2D eigenvalue weighted by Crippen LogP contribution is -2.32. The zero-order valence-electron chi connectivity index (χ0n) is 15.7. The lowest BCUT2D eigenvalue weighted by atomic mass is 10.2. The highest BCUT2D eigenvalue weighted by atomic mass is 35.5. The number of amides is 1. The van der Waals surface area contributed by atoms with E-state index in [9.17, 15) is 17.6 Å². The number of halogens is 2. The van der Waals surface area contributed by atoms with Gasteiger partial charge in [0.25, 0.3) is 5.91 Å². The Labute approximate surface area is 174 Å². The average Bonchev–Trinajstić information content (AvgIpc) is 2.99. The molecular weight excluding hydrogens is 419 g/mol. The van der Waals surface area contributed by atoms with Gasteiger partial charge in [0.15, 0.2) is 18.2 Å². The maximum absolute atomic E-state index is 13.6. The van der Waals surface area contributed by atoms with Gasteiger partial charge in [-0.2, -0.15) is 4.31 Å². The van der Waals surface area contributed by atoms with E-state index in [2.05, 4.69) is 5.32 Å². The molecule has 1 aliphatic heterocycles. The largest absolute Gasteiger partial charge is 0.481 e. The summed E-state index contributed by atoms with van der Waals surface area (Å²) in [7, 11) is -3.68. The number of ether oxygens (including phenoxy) is 1. The first-order valence-electron chi connectivity index (χ1n) is 9.35. The van der Waals surface area contributed by atoms with Crippen molar-refractivity contribution in [3.05, 3.63) is 53.3 Å². The molecule has 1 amide bonds. The van der Waals surface area contributed by atoms with Crippen LogP contribution in [0.15, 0.2) is 47.4 Å². The highest BCUT2D eigenvalue weighted by Gasteiger charge is 2.26. The fourth-order valence-corrected chi connectivity index (χ4v) is 4.79. The standard InChI is InChI=1S/C20H22ClFN2O4S/c21-16-10-9-15(29(26,27)24-11-5-1-2-6-12-24)13-18(16)23-20(25)14-28-19-8-4-3-7-17(19)22/h3-4,7-10,13H,1-2,5-6,11-12,14H2,(H,23,25). The summed E-state index contributed by atoms with van der Waals surface area (Å²) >= 11 is 6.12. The van der Waals surface area contributed by atoms with Crippen LogP contribution in [-0.4, -0.2) is 38.3 Å². The van der Waals surface area contributed by atoms with Crippen molar-refractivity contribution in [3.8, 4) is 5.75 Å². The molecule has 6 nitrogen and oxygen atoms in total. The summed E-state index contributed by atoms with van der Waals surface area (Å²) in [5, 5.41) is 2.72. The van der Waals surface area contributed by atoms with Gasteiger partial charge in [-0.1, -0.05) is 36.6 Å². The van der Waals surface area contributed by atoms with Crippen LogP contribution in [0.4, 0.5) is 10.1 Å². The van der Waals surface area contributed by atoms with Crippen LogP contribution in [0.3, 0.4) is 0 Å². The molecule has 1 N–H and O–H groups in total. The molecule has 2 aromatic rings. The molecule has 1 fully saturated rings. The Morgan fingerprint density at radius 3 is 2.48 bits per heavy atom. The first-order valence-corrected chi connectivity index (χ1v) is 11.2. The predicted molar refractivity (Wildman–Crippen MR) is 109 cm³/mol. The number of benzene rings is 2. The molecule has 1 aliphatic rings. The summed E-state index contributed by atoms with van der Waals surface area (Å²) in [4.78, 5) is 12.2. The number of sulfonamides is 1. The highest BCUT2D eigenvalue weighted by Crippen LogP contribution is 2.28. The summed E-state index contributed by atoms with van der Waals surface area (Å²) in [6, 6.07) is 9.92. The first-order chi connectivity index (χ1) is 13.9. The molecule has 0 aromatic heterocycles. The number of hydrogen-bond donors (Lipinski definition) is 1. The lowest BCUT2D eigenvalue weighted by molar-refractivity contribution is -0.118. The molecular formula is C20H22ClFN2O4S. The van der Waals surface area contributed by atoms with Gasteiger partial charge in [0.2, 0.25) is 10.0 Å². The fraction of sp³-hybridized carbons (Fsp3) is 0.350. The summed E-state index contributed by atoms with van der Waals surface area (Å²) in [6.07, 6.45) is 3.67. The van der Waals surface area contributed by atoms with Crippen LogP contribution >= 0.6 is 11.6 Å². The molecule has 0 unspecified atom stereocenters. The zero-order valence-corrected chi connectivity index (χ0v) is 17.3. The van der Waals surface area contributed by atoms with E-state index in [0.717, 1.165) is 25.7 Å². The minimum absolute atomic E-state index is 0.0498. The Bertz CT molecular complexity index is 976. The van der Waals surface area contributed by atoms with Gasteiger partial charge < -0.3 is 10.1 Å². The summed E-state index contributed by atoms with van der Waals surface area (Å²) in [6.45, 7) is 0.507. The average molecular weight is 441 g/mol. The van der Waals surface area contributed by atoms with E-state index in [1.165, 1.54) is 40.7 Å². The minimum Gasteiger partial charge on any atom is -0.481 e. The van der Waals surface area contributed by atoms with Gasteiger partial charge in [-0.15, -0.1) is 0 Å². The summed E-state index contributed by atoms with van der Waals surface area (Å²) < 4.78 is 46.1. The zero-order chi connectivity index (χ0) is 20.9. The Morgan fingerprint density at radius 1 is 1.10 bits per heavy atom. The lowest BCUT2D eigenvalue weighted by Gasteiger charge is -2.20. The number of nitrogens with one attached hydrogen (secondary N) is 1. The van der Waals surface area contributed by atoms with Gasteiger partial charge in [-0.25, -0.2) is 12.8 Å². The minimum atomic E-state index is -3.68. The van der Waals surface area contributed by atoms with E-state index < -0.39 is 28.4 Å². The van der Waals surface area contributed by atoms with Gasteiger partial charge >= 0.3 is 0 Å². The van der Waals surface area contributed by atoms with Gasteiger partial charge in [0.05, 0.1) is 15.6 Å². The summed E-state index contributed by atoms with van der Waals surface area (Å²) in [5.41, 5.74) is 0.157. The fourth-order valence-electron chi connectivity index (χ4n) is 3.08. The van der Waals surface area contributed by atoms with E-state index in [1.807, 2.05) is 0 Å². The second-order valence-corrected chi connectivity index (χ2v) is 9.07. The van der Waals surface area contributed by atoms with Crippen molar-refractivity contribution in [1.29, 1.82) is 0 Å². The molecule has 1 saturated heterocycles. The highest BCUT2D eigenvalue weighted by molar-refractivity contribution is 7.89. The maximum Gasteiger partial charge on any atom is 0.262 e. The van der Waals surface area contributed by atoms with Crippen LogP contribution in [-0.2, 0) is 14.8 Å². The maximum atomic E-state index is 13.6. The third-order valence-electron chi connectivity index (χ3n) is 4.61. The van der Waals surface area contributed by atoms with Crippen molar-refractivity contribution in [2.75, 3.05) is 25.0 Å². The topological polar surface area (TPSA) is 75.7 Å². The molecule has 0 bridgehead atoms. The number of rotatable bonds is 6. The Balaban J connectivity index is 1.71. The van der Waals surface area contributed by atoms with Crippen LogP contribution in [0.5, 0.6) is 5.75 Å². The number of para-hydroxylation sites is 1. The number of carbonyl (C=O) groups is 1. The Kier molecular flexibility index (Phi) is 7.10. The van der Waals surface area contributed by atoms with E-state index in [4.69, 9.17) is 16.3 Å². The SMILES string of the molecule is O=C(COc1ccccc1F)Nc1cc(S(=O)(=O)N2CCCCCC2)ccc1Cl. The van der Waals surface area contributed by atoms with Crippen molar-refractivity contribution in [2.45, 2.75) is 30.6 Å². The van der Waals surface area contributed by atoms with Crippen LogP contribution in [0.2, 0.25) is 5.02 Å². The third kappa shape index (κ3) is 5.46. The van der Waals surface area contributed by atoms with Crippen molar-refractivity contribution in [1.82, 2.24) is 4.31 Å². The van der Waals surface area contributed by atoms with Crippen molar-refractivity contribution < 1.29 is 22.3 Å². The van der Waals surface area contributed by atoms with Gasteiger partial charge in [0.1, 0.15) is 0 Å².